The molecule has 0 bridgehead atoms. The molecule has 10 heteroatoms. The third-order valence-electron chi connectivity index (χ3n) is 2.83. The minimum absolute atomic E-state index is 0.0337. The Kier molecular flexibility index (Phi) is 15.6. The zero-order valence-corrected chi connectivity index (χ0v) is 21.5. The summed E-state index contributed by atoms with van der Waals surface area (Å²) in [5.41, 5.74) is 0.176. The molecule has 0 saturated heterocycles. The fraction of sp³-hybridized carbons (Fsp3) is 0.824. The molecule has 0 aliphatic carbocycles. The number of hydrogen-bond donors (Lipinski definition) is 3. The van der Waals surface area contributed by atoms with E-state index < -0.39 is 38.2 Å². The van der Waals surface area contributed by atoms with E-state index in [0.717, 1.165) is 12.5 Å². The van der Waals surface area contributed by atoms with Crippen LogP contribution < -0.4 is 0 Å². The van der Waals surface area contributed by atoms with Crippen molar-refractivity contribution in [3.8, 4) is 0 Å². The van der Waals surface area contributed by atoms with Crippen LogP contribution in [0.3, 0.4) is 0 Å². The van der Waals surface area contributed by atoms with Crippen LogP contribution in [0, 0.1) is 0 Å². The van der Waals surface area contributed by atoms with Crippen LogP contribution in [-0.4, -0.2) is 79.3 Å². The zero-order chi connectivity index (χ0) is 21.7. The normalized spacial score (nSPS) is 13.6. The molecule has 0 aromatic rings. The quantitative estimate of drug-likeness (QED) is 0.174. The Morgan fingerprint density at radius 2 is 1.56 bits per heavy atom. The highest BCUT2D eigenvalue weighted by atomic mass is 28.4. The average molecular weight is 441 g/mol. The van der Waals surface area contributed by atoms with Crippen molar-refractivity contribution in [2.75, 3.05) is 19.8 Å². The number of rotatable bonds is 13. The van der Waals surface area contributed by atoms with E-state index in [1.165, 1.54) is 6.92 Å². The average Bonchev–Trinajstić information content (AvgIpc) is 2.47. The maximum absolute atomic E-state index is 9.60. The molecule has 0 radical (unpaired) electrons. The van der Waals surface area contributed by atoms with Gasteiger partial charge in [0.2, 0.25) is 0 Å². The summed E-state index contributed by atoms with van der Waals surface area (Å²) in [5.74, 6) is -0.902. The van der Waals surface area contributed by atoms with Crippen LogP contribution in [0.4, 0.5) is 0 Å². The van der Waals surface area contributed by atoms with Gasteiger partial charge >= 0.3 is 5.97 Å². The number of carboxylic acid groups (broad SMARTS) is 1. The standard InChI is InChI=1S/C13H34O5Si3.C4H6O2/c1-20(2,3)17-13(18-21(4,5)6)19-9-7-8-16-11-12(15)10-14;1-3(2)4(5)6/h12-15H,7-11,19H2,1-6H3;1H2,2H3,(H,5,6). The minimum Gasteiger partial charge on any atom is -0.478 e. The van der Waals surface area contributed by atoms with Crippen LogP contribution in [0.25, 0.3) is 0 Å². The maximum atomic E-state index is 9.60. The Hall–Kier alpha value is -0.339. The van der Waals surface area contributed by atoms with Gasteiger partial charge in [-0.3, -0.25) is 0 Å². The van der Waals surface area contributed by atoms with Crippen LogP contribution in [0.1, 0.15) is 13.3 Å². The molecule has 7 nitrogen and oxygen atoms in total. The van der Waals surface area contributed by atoms with E-state index in [1.807, 2.05) is 0 Å². The van der Waals surface area contributed by atoms with E-state index in [4.69, 9.17) is 28.9 Å². The monoisotopic (exact) mass is 440 g/mol. The van der Waals surface area contributed by atoms with Crippen molar-refractivity contribution in [1.29, 1.82) is 0 Å². The number of carbonyl (C=O) groups is 1. The topological polar surface area (TPSA) is 105 Å². The molecule has 3 N–H and O–H groups in total. The van der Waals surface area contributed by atoms with Gasteiger partial charge in [-0.2, -0.15) is 0 Å². The maximum Gasteiger partial charge on any atom is 0.330 e. The van der Waals surface area contributed by atoms with Crippen molar-refractivity contribution in [1.82, 2.24) is 0 Å². The van der Waals surface area contributed by atoms with Gasteiger partial charge in [0, 0.05) is 12.2 Å². The number of aliphatic hydroxyl groups is 2. The number of aliphatic carboxylic acids is 1. The molecule has 1 atom stereocenters. The van der Waals surface area contributed by atoms with Crippen molar-refractivity contribution in [2.24, 2.45) is 0 Å². The third kappa shape index (κ3) is 23.6. The molecule has 0 amide bonds. The van der Waals surface area contributed by atoms with Crippen LogP contribution in [0.2, 0.25) is 45.3 Å². The molecule has 0 saturated carbocycles. The summed E-state index contributed by atoms with van der Waals surface area (Å²) < 4.78 is 17.7. The lowest BCUT2D eigenvalue weighted by molar-refractivity contribution is -0.132. The smallest absolute Gasteiger partial charge is 0.330 e. The van der Waals surface area contributed by atoms with E-state index in [1.54, 1.807) is 0 Å². The van der Waals surface area contributed by atoms with E-state index >= 15 is 0 Å². The molecule has 1 unspecified atom stereocenters. The van der Waals surface area contributed by atoms with E-state index in [2.05, 4.69) is 45.9 Å². The Labute approximate surface area is 168 Å². The van der Waals surface area contributed by atoms with Gasteiger partial charge in [-0.1, -0.05) is 12.6 Å². The largest absolute Gasteiger partial charge is 0.478 e. The van der Waals surface area contributed by atoms with Gasteiger partial charge in [0.25, 0.3) is 0 Å². The number of carboxylic acids is 1. The minimum atomic E-state index is -1.58. The molecule has 0 aromatic carbocycles. The molecular formula is C17H40O7Si3. The summed E-state index contributed by atoms with van der Waals surface area (Å²) in [6, 6.07) is 1.11. The molecule has 27 heavy (non-hydrogen) atoms. The van der Waals surface area contributed by atoms with Crippen LogP contribution in [0.5, 0.6) is 0 Å². The molecule has 0 aliphatic rings. The second kappa shape index (κ2) is 14.6. The number of hydrogen-bond acceptors (Lipinski definition) is 6. The van der Waals surface area contributed by atoms with Crippen molar-refractivity contribution >= 4 is 32.1 Å². The summed E-state index contributed by atoms with van der Waals surface area (Å²) in [6.45, 7) is 18.4. The van der Waals surface area contributed by atoms with Crippen molar-refractivity contribution < 1.29 is 33.7 Å². The Bertz CT molecular complexity index is 392. The third-order valence-corrected chi connectivity index (χ3v) is 7.15. The van der Waals surface area contributed by atoms with Crippen LogP contribution in [0.15, 0.2) is 12.2 Å². The second-order valence-electron chi connectivity index (χ2n) is 8.38. The Balaban J connectivity index is 0. The van der Waals surface area contributed by atoms with Gasteiger partial charge in [0.05, 0.1) is 22.7 Å². The van der Waals surface area contributed by atoms with Gasteiger partial charge < -0.3 is 28.9 Å². The lowest BCUT2D eigenvalue weighted by Gasteiger charge is -2.31. The fourth-order valence-electron chi connectivity index (χ4n) is 1.72. The van der Waals surface area contributed by atoms with Gasteiger partial charge in [0.15, 0.2) is 16.6 Å². The Morgan fingerprint density at radius 1 is 1.11 bits per heavy atom. The summed E-state index contributed by atoms with van der Waals surface area (Å²) in [6.07, 6.45) is 0.200. The van der Waals surface area contributed by atoms with Gasteiger partial charge in [-0.25, -0.2) is 4.79 Å². The highest BCUT2D eigenvalue weighted by molar-refractivity contribution is 6.71. The zero-order valence-electron chi connectivity index (χ0n) is 18.1. The first-order chi connectivity index (χ1) is 12.2. The summed E-state index contributed by atoms with van der Waals surface area (Å²) in [7, 11) is -3.60. The van der Waals surface area contributed by atoms with Gasteiger partial charge in [-0.15, -0.1) is 0 Å². The van der Waals surface area contributed by atoms with E-state index in [0.29, 0.717) is 6.61 Å². The molecule has 0 heterocycles. The van der Waals surface area contributed by atoms with E-state index in [-0.39, 0.29) is 24.7 Å². The molecule has 0 rings (SSSR count). The molecule has 0 fully saturated rings. The fourth-order valence-corrected chi connectivity index (χ4v) is 8.26. The predicted octanol–water partition coefficient (Wildman–Crippen LogP) is 1.97. The summed E-state index contributed by atoms with van der Waals surface area (Å²) >= 11 is 0. The predicted molar refractivity (Wildman–Crippen MR) is 117 cm³/mol. The molecule has 0 aliphatic heterocycles. The lowest BCUT2D eigenvalue weighted by atomic mass is 10.4. The van der Waals surface area contributed by atoms with Gasteiger partial charge in [0.1, 0.15) is 12.0 Å². The molecular weight excluding hydrogens is 400 g/mol. The molecule has 162 valence electrons. The molecule has 0 spiro atoms. The lowest BCUT2D eigenvalue weighted by Crippen LogP contribution is -2.43. The van der Waals surface area contributed by atoms with Crippen molar-refractivity contribution in [3.63, 3.8) is 0 Å². The number of ether oxygens (including phenoxy) is 1. The summed E-state index contributed by atoms with van der Waals surface area (Å²) in [4.78, 5) is 9.60. The Morgan fingerprint density at radius 3 is 1.89 bits per heavy atom. The van der Waals surface area contributed by atoms with Gasteiger partial charge in [-0.05, 0) is 52.6 Å². The van der Waals surface area contributed by atoms with Crippen molar-refractivity contribution in [3.05, 3.63) is 12.2 Å². The van der Waals surface area contributed by atoms with Crippen molar-refractivity contribution in [2.45, 2.75) is 70.7 Å². The summed E-state index contributed by atoms with van der Waals surface area (Å²) in [5, 5.41) is 25.7. The second-order valence-corrected chi connectivity index (χ2v) is 19.3. The van der Waals surface area contributed by atoms with Crippen LogP contribution >= 0.6 is 0 Å². The highest BCUT2D eigenvalue weighted by Gasteiger charge is 2.26. The highest BCUT2D eigenvalue weighted by Crippen LogP contribution is 2.14. The molecule has 0 aromatic heterocycles. The van der Waals surface area contributed by atoms with E-state index in [9.17, 15) is 4.79 Å². The first kappa shape index (κ1) is 28.9. The first-order valence-electron chi connectivity index (χ1n) is 9.29. The SMILES string of the molecule is C=C(C)C(=O)O.C[Si](C)(C)OC(O[Si](C)(C)C)[SiH2]CCCOCC(O)CO. The number of aliphatic hydroxyl groups excluding tert-OH is 2. The first-order valence-corrected chi connectivity index (χ1v) is 17.9. The van der Waals surface area contributed by atoms with Crippen LogP contribution in [-0.2, 0) is 18.4 Å².